The predicted octanol–water partition coefficient (Wildman–Crippen LogP) is 4.95. The van der Waals surface area contributed by atoms with Crippen molar-refractivity contribution in [3.05, 3.63) is 52.1 Å². The van der Waals surface area contributed by atoms with Gasteiger partial charge in [0.25, 0.3) is 11.1 Å². The normalized spacial score (nSPS) is 18.4. The van der Waals surface area contributed by atoms with E-state index in [4.69, 9.17) is 4.42 Å². The van der Waals surface area contributed by atoms with Crippen LogP contribution in [0.3, 0.4) is 0 Å². The number of rotatable bonds is 5. The van der Waals surface area contributed by atoms with Gasteiger partial charge < -0.3 is 14.6 Å². The van der Waals surface area contributed by atoms with Crippen LogP contribution in [0.2, 0.25) is 0 Å². The molecule has 2 aliphatic heterocycles. The molecule has 8 heteroatoms. The summed E-state index contributed by atoms with van der Waals surface area (Å²) in [6, 6.07) is 9.28. The van der Waals surface area contributed by atoms with E-state index in [2.05, 4.69) is 10.2 Å². The molecule has 2 fully saturated rings. The van der Waals surface area contributed by atoms with Crippen molar-refractivity contribution in [3.8, 4) is 0 Å². The summed E-state index contributed by atoms with van der Waals surface area (Å²) in [5.74, 6) is 0.403. The lowest BCUT2D eigenvalue weighted by Crippen LogP contribution is -2.36. The molecular formula is C24H27N3O4S. The molecule has 4 rings (SSSR count). The van der Waals surface area contributed by atoms with Gasteiger partial charge in [0.15, 0.2) is 5.88 Å². The summed E-state index contributed by atoms with van der Waals surface area (Å²) >= 11 is 0.822. The summed E-state index contributed by atoms with van der Waals surface area (Å²) in [5.41, 5.74) is 2.81. The number of nitrogens with zero attached hydrogens (tertiary/aromatic N) is 2. The minimum atomic E-state index is -0.483. The molecule has 1 aromatic carbocycles. The van der Waals surface area contributed by atoms with E-state index >= 15 is 0 Å². The van der Waals surface area contributed by atoms with Gasteiger partial charge in [-0.25, -0.2) is 0 Å². The van der Waals surface area contributed by atoms with Crippen molar-refractivity contribution in [1.82, 2.24) is 4.90 Å². The number of nitrogens with one attached hydrogen (secondary N) is 1. The molecule has 2 aromatic rings. The van der Waals surface area contributed by atoms with Crippen LogP contribution in [0.4, 0.5) is 16.4 Å². The Morgan fingerprint density at radius 1 is 1.06 bits per heavy atom. The number of carbonyl (C=O) groups excluding carboxylic acids is 3. The summed E-state index contributed by atoms with van der Waals surface area (Å²) in [6.45, 7) is 5.53. The maximum absolute atomic E-state index is 12.7. The summed E-state index contributed by atoms with van der Waals surface area (Å²) in [4.78, 5) is 41.0. The number of amides is 3. The predicted molar refractivity (Wildman–Crippen MR) is 127 cm³/mol. The van der Waals surface area contributed by atoms with Gasteiger partial charge in [0, 0.05) is 30.9 Å². The molecule has 7 nitrogen and oxygen atoms in total. The molecule has 0 unspecified atom stereocenters. The Kier molecular flexibility index (Phi) is 6.69. The molecule has 1 aromatic heterocycles. The Morgan fingerprint density at radius 3 is 2.53 bits per heavy atom. The number of hydrogen-bond acceptors (Lipinski definition) is 6. The van der Waals surface area contributed by atoms with Gasteiger partial charge in [-0.15, -0.1) is 0 Å². The zero-order chi connectivity index (χ0) is 22.7. The molecule has 2 saturated heterocycles. The summed E-state index contributed by atoms with van der Waals surface area (Å²) in [5, 5.41) is 2.29. The van der Waals surface area contributed by atoms with Gasteiger partial charge in [-0.1, -0.05) is 18.9 Å². The van der Waals surface area contributed by atoms with Gasteiger partial charge in [-0.2, -0.15) is 0 Å². The second-order valence-electron chi connectivity index (χ2n) is 8.19. The van der Waals surface area contributed by atoms with Crippen molar-refractivity contribution in [2.24, 2.45) is 0 Å². The molecule has 0 aliphatic carbocycles. The second kappa shape index (κ2) is 9.65. The van der Waals surface area contributed by atoms with Crippen LogP contribution < -0.4 is 10.2 Å². The number of thioether (sulfide) groups is 1. The van der Waals surface area contributed by atoms with Crippen LogP contribution in [0.25, 0.3) is 6.08 Å². The molecule has 0 spiro atoms. The lowest BCUT2D eigenvalue weighted by molar-refractivity contribution is -0.127. The standard InChI is InChI=1S/C24H27N3O4S/c1-16-7-8-18(13-17(16)2)25-21(28)15-27-23(29)20(32-24(27)30)14-19-9-10-22(31-19)26-11-5-3-4-6-12-26/h7-10,13-14H,3-6,11-12,15H2,1-2H3,(H,25,28). The van der Waals surface area contributed by atoms with Crippen molar-refractivity contribution in [2.75, 3.05) is 29.9 Å². The number of aryl methyl sites for hydroxylation is 2. The SMILES string of the molecule is Cc1ccc(NC(=O)CN2C(=O)SC(=Cc3ccc(N4CCCCCC4)o3)C2=O)cc1C. The van der Waals surface area contributed by atoms with E-state index in [9.17, 15) is 14.4 Å². The lowest BCUT2D eigenvalue weighted by atomic mass is 10.1. The fraction of sp³-hybridized carbons (Fsp3) is 0.375. The fourth-order valence-corrected chi connectivity index (χ4v) is 4.63. The molecule has 168 valence electrons. The van der Waals surface area contributed by atoms with E-state index in [0.29, 0.717) is 11.4 Å². The molecule has 3 amide bonds. The molecule has 0 bridgehead atoms. The number of carbonyl (C=O) groups is 3. The highest BCUT2D eigenvalue weighted by Crippen LogP contribution is 2.33. The average Bonchev–Trinajstić information content (AvgIpc) is 3.19. The first-order chi connectivity index (χ1) is 15.4. The molecule has 3 heterocycles. The quantitative estimate of drug-likeness (QED) is 0.645. The topological polar surface area (TPSA) is 82.9 Å². The maximum atomic E-state index is 12.7. The fourth-order valence-electron chi connectivity index (χ4n) is 3.81. The van der Waals surface area contributed by atoms with Crippen molar-refractivity contribution >= 4 is 46.5 Å². The highest BCUT2D eigenvalue weighted by atomic mass is 32.2. The van der Waals surface area contributed by atoms with Crippen LogP contribution in [0.1, 0.15) is 42.6 Å². The van der Waals surface area contributed by atoms with Gasteiger partial charge in [0.05, 0.1) is 4.91 Å². The highest BCUT2D eigenvalue weighted by molar-refractivity contribution is 8.18. The Morgan fingerprint density at radius 2 is 1.81 bits per heavy atom. The molecular weight excluding hydrogens is 426 g/mol. The minimum Gasteiger partial charge on any atom is -0.441 e. The average molecular weight is 454 g/mol. The largest absolute Gasteiger partial charge is 0.441 e. The Hall–Kier alpha value is -3.00. The molecule has 1 N–H and O–H groups in total. The summed E-state index contributed by atoms with van der Waals surface area (Å²) in [7, 11) is 0. The van der Waals surface area contributed by atoms with E-state index in [1.807, 2.05) is 32.0 Å². The molecule has 0 radical (unpaired) electrons. The number of furan rings is 1. The van der Waals surface area contributed by atoms with Gasteiger partial charge >= 0.3 is 0 Å². The molecule has 2 aliphatic rings. The highest BCUT2D eigenvalue weighted by Gasteiger charge is 2.36. The van der Waals surface area contributed by atoms with Crippen LogP contribution in [-0.2, 0) is 9.59 Å². The zero-order valence-electron chi connectivity index (χ0n) is 18.3. The number of imide groups is 1. The van der Waals surface area contributed by atoms with Crippen LogP contribution in [0, 0.1) is 13.8 Å². The second-order valence-corrected chi connectivity index (χ2v) is 9.19. The van der Waals surface area contributed by atoms with E-state index in [0.717, 1.165) is 59.6 Å². The molecule has 0 saturated carbocycles. The third-order valence-corrected chi connectivity index (χ3v) is 6.68. The van der Waals surface area contributed by atoms with Crippen LogP contribution >= 0.6 is 11.8 Å². The van der Waals surface area contributed by atoms with E-state index in [1.165, 1.54) is 12.8 Å². The first-order valence-electron chi connectivity index (χ1n) is 10.9. The maximum Gasteiger partial charge on any atom is 0.294 e. The number of benzene rings is 1. The Balaban J connectivity index is 1.40. The van der Waals surface area contributed by atoms with E-state index < -0.39 is 17.1 Å². The minimum absolute atomic E-state index is 0.255. The van der Waals surface area contributed by atoms with Crippen molar-refractivity contribution in [3.63, 3.8) is 0 Å². The van der Waals surface area contributed by atoms with Gasteiger partial charge in [-0.3, -0.25) is 19.3 Å². The number of hydrogen-bond donors (Lipinski definition) is 1. The third kappa shape index (κ3) is 5.07. The van der Waals surface area contributed by atoms with E-state index in [-0.39, 0.29) is 11.4 Å². The molecule has 32 heavy (non-hydrogen) atoms. The third-order valence-electron chi connectivity index (χ3n) is 5.77. The lowest BCUT2D eigenvalue weighted by Gasteiger charge is -2.18. The summed E-state index contributed by atoms with van der Waals surface area (Å²) in [6.07, 6.45) is 6.31. The first kappa shape index (κ1) is 22.2. The Bertz CT molecular complexity index is 1070. The number of anilines is 2. The first-order valence-corrected chi connectivity index (χ1v) is 11.7. The van der Waals surface area contributed by atoms with Crippen molar-refractivity contribution in [2.45, 2.75) is 39.5 Å². The van der Waals surface area contributed by atoms with Crippen molar-refractivity contribution in [1.29, 1.82) is 0 Å². The smallest absolute Gasteiger partial charge is 0.294 e. The zero-order valence-corrected chi connectivity index (χ0v) is 19.2. The molecule has 0 atom stereocenters. The van der Waals surface area contributed by atoms with Crippen LogP contribution in [-0.4, -0.2) is 41.6 Å². The monoisotopic (exact) mass is 453 g/mol. The van der Waals surface area contributed by atoms with Gasteiger partial charge in [0.1, 0.15) is 12.3 Å². The van der Waals surface area contributed by atoms with Crippen LogP contribution in [0.5, 0.6) is 0 Å². The Labute approximate surface area is 191 Å². The van der Waals surface area contributed by atoms with E-state index in [1.54, 1.807) is 18.2 Å². The summed E-state index contributed by atoms with van der Waals surface area (Å²) < 4.78 is 5.92. The van der Waals surface area contributed by atoms with Crippen molar-refractivity contribution < 1.29 is 18.8 Å². The van der Waals surface area contributed by atoms with Gasteiger partial charge in [0.2, 0.25) is 5.91 Å². The van der Waals surface area contributed by atoms with Crippen LogP contribution in [0.15, 0.2) is 39.7 Å². The van der Waals surface area contributed by atoms with Gasteiger partial charge in [-0.05, 0) is 67.8 Å².